The summed E-state index contributed by atoms with van der Waals surface area (Å²) in [6.45, 7) is -3.29. The number of halogens is 8. The van der Waals surface area contributed by atoms with Gasteiger partial charge in [-0.3, -0.25) is 9.78 Å². The maximum Gasteiger partial charge on any atom is 0.419 e. The Kier molecular flexibility index (Phi) is 9.20. The van der Waals surface area contributed by atoms with Crippen molar-refractivity contribution in [1.82, 2.24) is 10.3 Å². The highest BCUT2D eigenvalue weighted by molar-refractivity contribution is 14.1. The molecule has 1 atom stereocenters. The predicted molar refractivity (Wildman–Crippen MR) is 145 cm³/mol. The summed E-state index contributed by atoms with van der Waals surface area (Å²) in [4.78, 5) is 18.0. The SMILES string of the molecule is O=C(N[C@@](Cc1ccccc1)(c1cc(F)cc(OC(F)F)c1)c1ccc(CI)cn1)c1ccc(F)c(C(F)(F)F)c1. The van der Waals surface area contributed by atoms with Gasteiger partial charge in [0.15, 0.2) is 0 Å². The van der Waals surface area contributed by atoms with Crippen LogP contribution < -0.4 is 10.1 Å². The highest BCUT2D eigenvalue weighted by Crippen LogP contribution is 2.37. The van der Waals surface area contributed by atoms with Crippen LogP contribution in [0.1, 0.15) is 38.3 Å². The molecule has 4 rings (SSSR count). The molecule has 1 aromatic heterocycles. The molecule has 4 aromatic rings. The van der Waals surface area contributed by atoms with Crippen molar-refractivity contribution in [2.75, 3.05) is 0 Å². The van der Waals surface area contributed by atoms with Crippen LogP contribution in [0.3, 0.4) is 0 Å². The van der Waals surface area contributed by atoms with E-state index in [-0.39, 0.29) is 17.7 Å². The molecular formula is C29H20F7IN2O2. The number of amides is 1. The van der Waals surface area contributed by atoms with Gasteiger partial charge in [-0.05, 0) is 53.1 Å². The number of hydrogen-bond donors (Lipinski definition) is 1. The summed E-state index contributed by atoms with van der Waals surface area (Å²) in [6.07, 6.45) is -3.70. The van der Waals surface area contributed by atoms with Crippen LogP contribution in [0, 0.1) is 11.6 Å². The van der Waals surface area contributed by atoms with Gasteiger partial charge in [-0.15, -0.1) is 0 Å². The molecule has 1 N–H and O–H groups in total. The molecule has 0 fully saturated rings. The first-order valence-electron chi connectivity index (χ1n) is 11.9. The molecule has 4 nitrogen and oxygen atoms in total. The van der Waals surface area contributed by atoms with Crippen LogP contribution in [0.25, 0.3) is 0 Å². The molecule has 1 heterocycles. The molecule has 41 heavy (non-hydrogen) atoms. The monoisotopic (exact) mass is 688 g/mol. The zero-order chi connectivity index (χ0) is 29.8. The van der Waals surface area contributed by atoms with Crippen LogP contribution in [-0.4, -0.2) is 17.5 Å². The first-order valence-corrected chi connectivity index (χ1v) is 13.4. The van der Waals surface area contributed by atoms with Gasteiger partial charge in [0.2, 0.25) is 0 Å². The second-order valence-electron chi connectivity index (χ2n) is 8.95. The van der Waals surface area contributed by atoms with E-state index in [1.807, 2.05) is 0 Å². The number of nitrogens with one attached hydrogen (secondary N) is 1. The third kappa shape index (κ3) is 7.16. The number of nitrogens with zero attached hydrogens (tertiary/aromatic N) is 1. The summed E-state index contributed by atoms with van der Waals surface area (Å²) in [5, 5.41) is 2.67. The maximum atomic E-state index is 14.8. The fourth-order valence-electron chi connectivity index (χ4n) is 4.31. The lowest BCUT2D eigenvalue weighted by Crippen LogP contribution is -2.49. The lowest BCUT2D eigenvalue weighted by atomic mass is 9.80. The van der Waals surface area contributed by atoms with E-state index in [1.165, 1.54) is 6.20 Å². The van der Waals surface area contributed by atoms with Crippen LogP contribution >= 0.6 is 22.6 Å². The molecule has 0 spiro atoms. The molecule has 214 valence electrons. The number of aromatic nitrogens is 1. The van der Waals surface area contributed by atoms with Crippen molar-refractivity contribution in [3.8, 4) is 5.75 Å². The molecular weight excluding hydrogens is 668 g/mol. The molecule has 12 heteroatoms. The highest BCUT2D eigenvalue weighted by atomic mass is 127. The Morgan fingerprint density at radius 3 is 2.27 bits per heavy atom. The van der Waals surface area contributed by atoms with E-state index in [1.54, 1.807) is 42.5 Å². The van der Waals surface area contributed by atoms with E-state index in [2.05, 4.69) is 37.6 Å². The Morgan fingerprint density at radius 1 is 0.927 bits per heavy atom. The van der Waals surface area contributed by atoms with Crippen LogP contribution in [0.2, 0.25) is 0 Å². The quantitative estimate of drug-likeness (QED) is 0.111. The molecule has 3 aromatic carbocycles. The topological polar surface area (TPSA) is 51.2 Å². The summed E-state index contributed by atoms with van der Waals surface area (Å²) in [5.41, 5.74) is -2.56. The van der Waals surface area contributed by atoms with Gasteiger partial charge >= 0.3 is 12.8 Å². The average molecular weight is 688 g/mol. The number of carbonyl (C=O) groups is 1. The van der Waals surface area contributed by atoms with Gasteiger partial charge in [0.25, 0.3) is 5.91 Å². The standard InChI is InChI=1S/C29H20F7IN2O2/c30-21-11-20(12-22(13-21)41-27(32)33)28(14-17-4-2-1-3-5-17,25-9-6-18(15-37)16-38-25)39-26(40)19-7-8-24(31)23(10-19)29(34,35)36/h1-13,16,27H,14-15H2,(H,39,40)/t28-/m0/s1. The Hall–Kier alpha value is -3.68. The van der Waals surface area contributed by atoms with Gasteiger partial charge < -0.3 is 10.1 Å². The third-order valence-corrected chi connectivity index (χ3v) is 7.06. The lowest BCUT2D eigenvalue weighted by Gasteiger charge is -2.36. The summed E-state index contributed by atoms with van der Waals surface area (Å²) in [5.74, 6) is -4.17. The number of carbonyl (C=O) groups excluding carboxylic acids is 1. The first kappa shape index (κ1) is 30.3. The molecule has 0 aliphatic carbocycles. The van der Waals surface area contributed by atoms with E-state index in [0.717, 1.165) is 29.8 Å². The molecule has 0 unspecified atom stereocenters. The van der Waals surface area contributed by atoms with Crippen LogP contribution in [-0.2, 0) is 22.6 Å². The molecule has 0 saturated heterocycles. The van der Waals surface area contributed by atoms with Gasteiger partial charge in [-0.2, -0.15) is 22.0 Å². The van der Waals surface area contributed by atoms with Gasteiger partial charge in [-0.1, -0.05) is 59.0 Å². The van der Waals surface area contributed by atoms with Crippen LogP contribution in [0.5, 0.6) is 5.75 Å². The molecule has 0 radical (unpaired) electrons. The van der Waals surface area contributed by atoms with E-state index in [0.29, 0.717) is 22.1 Å². The fraction of sp³-hybridized carbons (Fsp3) is 0.172. The summed E-state index contributed by atoms with van der Waals surface area (Å²) in [7, 11) is 0. The van der Waals surface area contributed by atoms with Gasteiger partial charge in [0.1, 0.15) is 22.9 Å². The number of alkyl halides is 6. The largest absolute Gasteiger partial charge is 0.435 e. The van der Waals surface area contributed by atoms with Crippen LogP contribution in [0.15, 0.2) is 85.1 Å². The molecule has 0 saturated carbocycles. The minimum Gasteiger partial charge on any atom is -0.435 e. The zero-order valence-electron chi connectivity index (χ0n) is 20.9. The van der Waals surface area contributed by atoms with Gasteiger partial charge in [0, 0.05) is 28.7 Å². The molecule has 0 aliphatic heterocycles. The van der Waals surface area contributed by atoms with Crippen molar-refractivity contribution in [2.45, 2.75) is 29.2 Å². The summed E-state index contributed by atoms with van der Waals surface area (Å²) >= 11 is 2.11. The number of pyridine rings is 1. The maximum absolute atomic E-state index is 14.8. The Morgan fingerprint density at radius 2 is 1.66 bits per heavy atom. The van der Waals surface area contributed by atoms with E-state index < -0.39 is 52.7 Å². The zero-order valence-corrected chi connectivity index (χ0v) is 23.0. The summed E-state index contributed by atoms with van der Waals surface area (Å²) in [6, 6.07) is 16.3. The van der Waals surface area contributed by atoms with E-state index in [4.69, 9.17) is 0 Å². The number of rotatable bonds is 9. The second kappa shape index (κ2) is 12.5. The van der Waals surface area contributed by atoms with Crippen molar-refractivity contribution in [2.24, 2.45) is 0 Å². The number of hydrogen-bond acceptors (Lipinski definition) is 3. The number of benzene rings is 3. The van der Waals surface area contributed by atoms with Crippen molar-refractivity contribution in [1.29, 1.82) is 0 Å². The van der Waals surface area contributed by atoms with Crippen molar-refractivity contribution in [3.63, 3.8) is 0 Å². The van der Waals surface area contributed by atoms with Crippen molar-refractivity contribution >= 4 is 28.5 Å². The minimum absolute atomic E-state index is 0.0711. The Bertz CT molecular complexity index is 1520. The molecule has 0 aliphatic rings. The normalized spacial score (nSPS) is 13.1. The minimum atomic E-state index is -5.08. The Labute approximate surface area is 243 Å². The van der Waals surface area contributed by atoms with Gasteiger partial charge in [0.05, 0.1) is 11.3 Å². The summed E-state index contributed by atoms with van der Waals surface area (Å²) < 4.78 is 100. The Balaban J connectivity index is 1.95. The molecule has 1 amide bonds. The van der Waals surface area contributed by atoms with Crippen molar-refractivity contribution < 1.29 is 40.3 Å². The average Bonchev–Trinajstić information content (AvgIpc) is 2.92. The molecule has 0 bridgehead atoms. The van der Waals surface area contributed by atoms with Crippen LogP contribution in [0.4, 0.5) is 30.7 Å². The van der Waals surface area contributed by atoms with Gasteiger partial charge in [-0.25, -0.2) is 8.78 Å². The number of ether oxygens (including phenoxy) is 1. The fourth-order valence-corrected chi connectivity index (χ4v) is 4.76. The van der Waals surface area contributed by atoms with Crippen molar-refractivity contribution in [3.05, 3.63) is 130 Å². The first-order chi connectivity index (χ1) is 19.4. The second-order valence-corrected chi connectivity index (χ2v) is 9.72. The lowest BCUT2D eigenvalue weighted by molar-refractivity contribution is -0.140. The predicted octanol–water partition coefficient (Wildman–Crippen LogP) is 7.83. The smallest absolute Gasteiger partial charge is 0.419 e. The van der Waals surface area contributed by atoms with E-state index >= 15 is 0 Å². The third-order valence-electron chi connectivity index (χ3n) is 6.18. The van der Waals surface area contributed by atoms with E-state index in [9.17, 15) is 35.5 Å². The highest BCUT2D eigenvalue weighted by Gasteiger charge is 2.40.